The Balaban J connectivity index is 1.70. The highest BCUT2D eigenvalue weighted by atomic mass is 32.1. The molecule has 1 aliphatic heterocycles. The maximum Gasteiger partial charge on any atom is 0.254 e. The minimum Gasteiger partial charge on any atom is -0.373 e. The minimum atomic E-state index is 0.139. The van der Waals surface area contributed by atoms with Gasteiger partial charge in [0.05, 0.1) is 0 Å². The molecule has 2 aromatic heterocycles. The maximum atomic E-state index is 12.9. The van der Waals surface area contributed by atoms with E-state index in [1.807, 2.05) is 19.2 Å². The first-order chi connectivity index (χ1) is 11.3. The Labute approximate surface area is 141 Å². The van der Waals surface area contributed by atoms with Gasteiger partial charge in [-0.25, -0.2) is 4.98 Å². The molecule has 0 aromatic carbocycles. The number of aromatic nitrogens is 1. The molecule has 1 atom stereocenters. The standard InChI is InChI=1S/C18H23N3OS/c1-19-17-13-14(9-10-20-17)18(22)21-11-3-2-5-15(21)7-8-16-6-4-12-23-16/h4,6,9-10,12-13,15H,2-3,5,7-8,11H2,1H3,(H,19,20)/t15-/m1/s1. The Morgan fingerprint density at radius 3 is 3.13 bits per heavy atom. The molecule has 1 amide bonds. The molecular formula is C18H23N3OS. The summed E-state index contributed by atoms with van der Waals surface area (Å²) in [5.74, 6) is 0.878. The highest BCUT2D eigenvalue weighted by molar-refractivity contribution is 7.09. The van der Waals surface area contributed by atoms with Gasteiger partial charge in [0, 0.05) is 36.3 Å². The van der Waals surface area contributed by atoms with Gasteiger partial charge < -0.3 is 10.2 Å². The zero-order valence-corrected chi connectivity index (χ0v) is 14.3. The second-order valence-electron chi connectivity index (χ2n) is 5.95. The van der Waals surface area contributed by atoms with Gasteiger partial charge in [-0.2, -0.15) is 0 Å². The lowest BCUT2D eigenvalue weighted by Gasteiger charge is -2.36. The van der Waals surface area contributed by atoms with Gasteiger partial charge in [0.2, 0.25) is 0 Å². The van der Waals surface area contributed by atoms with Crippen molar-refractivity contribution in [2.24, 2.45) is 0 Å². The summed E-state index contributed by atoms with van der Waals surface area (Å²) in [5.41, 5.74) is 0.729. The van der Waals surface area contributed by atoms with Crippen molar-refractivity contribution in [3.8, 4) is 0 Å². The van der Waals surface area contributed by atoms with E-state index in [1.165, 1.54) is 11.3 Å². The topological polar surface area (TPSA) is 45.2 Å². The number of hydrogen-bond acceptors (Lipinski definition) is 4. The zero-order valence-electron chi connectivity index (χ0n) is 13.5. The fourth-order valence-corrected chi connectivity index (χ4v) is 3.92. The van der Waals surface area contributed by atoms with Crippen LogP contribution in [0.25, 0.3) is 0 Å². The van der Waals surface area contributed by atoms with Crippen LogP contribution in [0.2, 0.25) is 0 Å². The van der Waals surface area contributed by atoms with Crippen molar-refractivity contribution in [2.75, 3.05) is 18.9 Å². The third-order valence-electron chi connectivity index (χ3n) is 4.46. The lowest BCUT2D eigenvalue weighted by atomic mass is 9.96. The predicted octanol–water partition coefficient (Wildman–Crippen LogP) is 3.81. The maximum absolute atomic E-state index is 12.9. The van der Waals surface area contributed by atoms with Gasteiger partial charge in [0.1, 0.15) is 5.82 Å². The number of carbonyl (C=O) groups is 1. The van der Waals surface area contributed by atoms with Crippen LogP contribution in [0.3, 0.4) is 0 Å². The van der Waals surface area contributed by atoms with Gasteiger partial charge in [-0.1, -0.05) is 6.07 Å². The van der Waals surface area contributed by atoms with E-state index in [-0.39, 0.29) is 5.91 Å². The van der Waals surface area contributed by atoms with Gasteiger partial charge in [-0.05, 0) is 55.7 Å². The Bertz CT molecular complexity index is 641. The molecule has 5 heteroatoms. The minimum absolute atomic E-state index is 0.139. The van der Waals surface area contributed by atoms with Crippen molar-refractivity contribution in [3.63, 3.8) is 0 Å². The SMILES string of the molecule is CNc1cc(C(=O)N2CCCC[C@@H]2CCc2cccs2)ccn1. The lowest BCUT2D eigenvalue weighted by Crippen LogP contribution is -2.44. The molecule has 0 aliphatic carbocycles. The van der Waals surface area contributed by atoms with Crippen LogP contribution in [0.15, 0.2) is 35.8 Å². The van der Waals surface area contributed by atoms with Crippen molar-refractivity contribution in [3.05, 3.63) is 46.3 Å². The van der Waals surface area contributed by atoms with Gasteiger partial charge in [0.15, 0.2) is 0 Å². The molecule has 1 aliphatic rings. The average Bonchev–Trinajstić information content (AvgIpc) is 3.13. The van der Waals surface area contributed by atoms with E-state index in [9.17, 15) is 4.79 Å². The van der Waals surface area contributed by atoms with Gasteiger partial charge in [-0.3, -0.25) is 4.79 Å². The molecule has 2 aromatic rings. The summed E-state index contributed by atoms with van der Waals surface area (Å²) >= 11 is 1.80. The number of rotatable bonds is 5. The zero-order chi connectivity index (χ0) is 16.1. The van der Waals surface area contributed by atoms with Crippen LogP contribution in [-0.2, 0) is 6.42 Å². The summed E-state index contributed by atoms with van der Waals surface area (Å²) in [7, 11) is 1.82. The Hall–Kier alpha value is -1.88. The van der Waals surface area contributed by atoms with Gasteiger partial charge in [-0.15, -0.1) is 11.3 Å². The number of anilines is 1. The number of nitrogens with one attached hydrogen (secondary N) is 1. The fraction of sp³-hybridized carbons (Fsp3) is 0.444. The monoisotopic (exact) mass is 329 g/mol. The van der Waals surface area contributed by atoms with Crippen LogP contribution >= 0.6 is 11.3 Å². The van der Waals surface area contributed by atoms with Crippen molar-refractivity contribution in [1.82, 2.24) is 9.88 Å². The summed E-state index contributed by atoms with van der Waals surface area (Å²) in [6.07, 6.45) is 7.24. The first-order valence-electron chi connectivity index (χ1n) is 8.25. The number of nitrogens with zero attached hydrogens (tertiary/aromatic N) is 2. The molecule has 0 spiro atoms. The molecule has 1 fully saturated rings. The number of piperidine rings is 1. The second-order valence-corrected chi connectivity index (χ2v) is 6.98. The molecule has 0 bridgehead atoms. The quantitative estimate of drug-likeness (QED) is 0.907. The Morgan fingerprint density at radius 1 is 1.43 bits per heavy atom. The highest BCUT2D eigenvalue weighted by Gasteiger charge is 2.27. The number of thiophene rings is 1. The first kappa shape index (κ1) is 16.0. The summed E-state index contributed by atoms with van der Waals surface area (Å²) in [5, 5.41) is 5.12. The molecule has 4 nitrogen and oxygen atoms in total. The van der Waals surface area contributed by atoms with Crippen LogP contribution in [-0.4, -0.2) is 35.4 Å². The van der Waals surface area contributed by atoms with Crippen LogP contribution in [0.4, 0.5) is 5.82 Å². The normalized spacial score (nSPS) is 18.0. The number of aryl methyl sites for hydroxylation is 1. The first-order valence-corrected chi connectivity index (χ1v) is 9.13. The van der Waals surface area contributed by atoms with Crippen LogP contribution in [0.1, 0.15) is 40.9 Å². The molecular weight excluding hydrogens is 306 g/mol. The van der Waals surface area contributed by atoms with E-state index in [2.05, 4.69) is 32.7 Å². The number of pyridine rings is 1. The van der Waals surface area contributed by atoms with Gasteiger partial charge in [0.25, 0.3) is 5.91 Å². The molecule has 1 N–H and O–H groups in total. The number of likely N-dealkylation sites (tertiary alicyclic amines) is 1. The van der Waals surface area contributed by atoms with Crippen molar-refractivity contribution in [2.45, 2.75) is 38.1 Å². The molecule has 3 rings (SSSR count). The van der Waals surface area contributed by atoms with Crippen LogP contribution in [0.5, 0.6) is 0 Å². The smallest absolute Gasteiger partial charge is 0.254 e. The third-order valence-corrected chi connectivity index (χ3v) is 5.39. The van der Waals surface area contributed by atoms with E-state index in [0.29, 0.717) is 6.04 Å². The number of amides is 1. The predicted molar refractivity (Wildman–Crippen MR) is 95.1 cm³/mol. The highest BCUT2D eigenvalue weighted by Crippen LogP contribution is 2.24. The van der Waals surface area contributed by atoms with E-state index >= 15 is 0 Å². The van der Waals surface area contributed by atoms with E-state index in [1.54, 1.807) is 17.5 Å². The van der Waals surface area contributed by atoms with Crippen LogP contribution in [0, 0.1) is 0 Å². The Morgan fingerprint density at radius 2 is 2.35 bits per heavy atom. The third kappa shape index (κ3) is 3.91. The van der Waals surface area contributed by atoms with E-state index < -0.39 is 0 Å². The number of hydrogen-bond donors (Lipinski definition) is 1. The molecule has 1 saturated heterocycles. The molecule has 0 unspecified atom stereocenters. The summed E-state index contributed by atoms with van der Waals surface area (Å²) in [6.45, 7) is 0.866. The molecule has 122 valence electrons. The largest absolute Gasteiger partial charge is 0.373 e. The van der Waals surface area contributed by atoms with Crippen LogP contribution < -0.4 is 5.32 Å². The summed E-state index contributed by atoms with van der Waals surface area (Å²) in [4.78, 5) is 20.6. The second kappa shape index (κ2) is 7.59. The summed E-state index contributed by atoms with van der Waals surface area (Å²) < 4.78 is 0. The van der Waals surface area contributed by atoms with E-state index in [4.69, 9.17) is 0 Å². The Kier molecular flexibility index (Phi) is 5.28. The average molecular weight is 329 g/mol. The van der Waals surface area contributed by atoms with Crippen molar-refractivity contribution < 1.29 is 4.79 Å². The van der Waals surface area contributed by atoms with Crippen molar-refractivity contribution in [1.29, 1.82) is 0 Å². The number of carbonyl (C=O) groups excluding carboxylic acids is 1. The van der Waals surface area contributed by atoms with E-state index in [0.717, 1.165) is 43.6 Å². The molecule has 0 saturated carbocycles. The summed E-state index contributed by atoms with van der Waals surface area (Å²) in [6, 6.07) is 8.29. The lowest BCUT2D eigenvalue weighted by molar-refractivity contribution is 0.0602. The fourth-order valence-electron chi connectivity index (χ4n) is 3.20. The van der Waals surface area contributed by atoms with Gasteiger partial charge >= 0.3 is 0 Å². The van der Waals surface area contributed by atoms with Crippen molar-refractivity contribution >= 4 is 23.1 Å². The molecule has 23 heavy (non-hydrogen) atoms. The molecule has 0 radical (unpaired) electrons. The molecule has 3 heterocycles.